The van der Waals surface area contributed by atoms with Gasteiger partial charge in [0.2, 0.25) is 12.0 Å². The maximum atomic E-state index is 13.8. The molecule has 0 aliphatic heterocycles. The quantitative estimate of drug-likeness (QED) is 0.0156. The number of hydroxylamine groups is 2. The van der Waals surface area contributed by atoms with Gasteiger partial charge in [0.15, 0.2) is 17.3 Å². The fourth-order valence-electron chi connectivity index (χ4n) is 11.3. The summed E-state index contributed by atoms with van der Waals surface area (Å²) in [6.07, 6.45) is 13.0. The molecule has 0 aliphatic carbocycles. The van der Waals surface area contributed by atoms with Crippen LogP contribution in [0.3, 0.4) is 0 Å². The van der Waals surface area contributed by atoms with E-state index in [4.69, 9.17) is 68.6 Å². The molecule has 1 heterocycles. The minimum Gasteiger partial charge on any atom is -0.399 e. The van der Waals surface area contributed by atoms with Gasteiger partial charge >= 0.3 is 5.69 Å². The number of aromatic nitrogens is 2. The molecule has 19 heteroatoms. The monoisotopic (exact) mass is 1760 g/mol. The molecular weight excluding hydrogens is 1660 g/mol. The van der Waals surface area contributed by atoms with Crippen molar-refractivity contribution in [2.75, 3.05) is 19.9 Å². The number of ketones is 3. The van der Waals surface area contributed by atoms with E-state index in [1.54, 1.807) is 64.7 Å². The van der Waals surface area contributed by atoms with Crippen LogP contribution in [0.2, 0.25) is 25.1 Å². The molecule has 11 aromatic rings. The van der Waals surface area contributed by atoms with Gasteiger partial charge in [-0.2, -0.15) is 4.99 Å². The number of Topliss-reactive ketones (excluding diaryl/α,β-unsaturated/α-hetero) is 3. The van der Waals surface area contributed by atoms with Crippen LogP contribution in [0, 0.1) is 40.5 Å². The Balaban J connectivity index is 0.000000288. The Hall–Kier alpha value is -8.76. The van der Waals surface area contributed by atoms with Crippen molar-refractivity contribution < 1.29 is 28.8 Å². The molecule has 0 saturated carbocycles. The number of rotatable bonds is 24. The summed E-state index contributed by atoms with van der Waals surface area (Å²) in [6, 6.07) is 76.1. The number of nitrogens with two attached hydrogens (primary N) is 1. The number of anilines is 1. The highest BCUT2D eigenvalue weighted by molar-refractivity contribution is 9.10. The van der Waals surface area contributed by atoms with Crippen molar-refractivity contribution >= 4 is 131 Å². The number of aryl methyl sites for hydroxylation is 5. The number of nitrogen functional groups attached to an aromatic ring is 1. The van der Waals surface area contributed by atoms with Gasteiger partial charge in [-0.25, -0.2) is 14.7 Å². The second-order valence-corrected chi connectivity index (χ2v) is 31.2. The van der Waals surface area contributed by atoms with Crippen LogP contribution in [-0.4, -0.2) is 62.5 Å². The lowest BCUT2D eigenvalue weighted by atomic mass is 9.87. The highest BCUT2D eigenvalue weighted by Crippen LogP contribution is 2.31. The molecule has 114 heavy (non-hydrogen) atoms. The van der Waals surface area contributed by atoms with Crippen molar-refractivity contribution in [3.05, 3.63) is 338 Å². The number of carbonyl (C=O) groups is 4. The van der Waals surface area contributed by atoms with Crippen molar-refractivity contribution in [1.82, 2.24) is 14.2 Å². The third-order valence-corrected chi connectivity index (χ3v) is 19.9. The Morgan fingerprint density at radius 3 is 1.35 bits per heavy atom. The number of isocyanates is 1. The predicted octanol–water partition coefficient (Wildman–Crippen LogP) is 27.6. The molecular formula is C95H106Br2Cl5N5O7. The first-order valence-corrected chi connectivity index (χ1v) is 41.7. The average Bonchev–Trinajstić information content (AvgIpc) is 1.59. The summed E-state index contributed by atoms with van der Waals surface area (Å²) in [4.78, 5) is 78.6. The van der Waals surface area contributed by atoms with Crippen LogP contribution >= 0.6 is 89.9 Å². The van der Waals surface area contributed by atoms with E-state index in [0.717, 1.165) is 158 Å². The molecule has 2 unspecified atom stereocenters. The highest BCUT2D eigenvalue weighted by Gasteiger charge is 2.24. The van der Waals surface area contributed by atoms with Gasteiger partial charge in [-0.1, -0.05) is 281 Å². The number of hydrogen-bond acceptors (Lipinski definition) is 9. The molecule has 1 amide bonds. The Labute approximate surface area is 717 Å². The van der Waals surface area contributed by atoms with Crippen LogP contribution in [0.1, 0.15) is 175 Å². The number of nitrogens with zero attached hydrogens (tertiary/aromatic N) is 4. The third-order valence-electron chi connectivity index (χ3n) is 17.3. The first-order chi connectivity index (χ1) is 54.6. The second kappa shape index (κ2) is 54.2. The molecule has 11 rings (SSSR count). The van der Waals surface area contributed by atoms with Crippen LogP contribution in [0.4, 0.5) is 11.4 Å². The fourth-order valence-corrected chi connectivity index (χ4v) is 13.2. The number of amides is 1. The maximum Gasteiger partial charge on any atom is 0.338 e. The van der Waals surface area contributed by atoms with Crippen molar-refractivity contribution in [3.8, 4) is 22.6 Å². The van der Waals surface area contributed by atoms with E-state index in [0.29, 0.717) is 33.6 Å². The number of aliphatic imine (C=N–C) groups is 1. The molecule has 0 aliphatic rings. The van der Waals surface area contributed by atoms with Crippen LogP contribution in [-0.2, 0) is 27.3 Å². The summed E-state index contributed by atoms with van der Waals surface area (Å²) >= 11 is 36.0. The van der Waals surface area contributed by atoms with Crippen molar-refractivity contribution in [2.45, 2.75) is 158 Å². The van der Waals surface area contributed by atoms with E-state index in [1.165, 1.54) is 29.4 Å². The van der Waals surface area contributed by atoms with E-state index in [2.05, 4.69) is 116 Å². The van der Waals surface area contributed by atoms with E-state index >= 15 is 0 Å². The largest absolute Gasteiger partial charge is 0.399 e. The molecule has 0 saturated heterocycles. The lowest BCUT2D eigenvalue weighted by Gasteiger charge is -2.15. The van der Waals surface area contributed by atoms with Crippen molar-refractivity contribution in [3.63, 3.8) is 0 Å². The lowest BCUT2D eigenvalue weighted by molar-refractivity contribution is -0.168. The average molecular weight is 1770 g/mol. The molecule has 2 N–H and O–H groups in total. The zero-order chi connectivity index (χ0) is 84.1. The summed E-state index contributed by atoms with van der Waals surface area (Å²) in [6.45, 7) is 20.6. The Morgan fingerprint density at radius 1 is 0.500 bits per heavy atom. The number of imidazole rings is 1. The molecule has 2 atom stereocenters. The summed E-state index contributed by atoms with van der Waals surface area (Å²) in [5.74, 6) is 0.791. The van der Waals surface area contributed by atoms with Gasteiger partial charge in [0, 0.05) is 83.3 Å². The van der Waals surface area contributed by atoms with Crippen LogP contribution < -0.4 is 11.4 Å². The minimum absolute atomic E-state index is 0.0331. The molecule has 602 valence electrons. The zero-order valence-corrected chi connectivity index (χ0v) is 74.3. The molecule has 10 aromatic carbocycles. The maximum absolute atomic E-state index is 13.8. The predicted molar refractivity (Wildman–Crippen MR) is 486 cm³/mol. The molecule has 0 bridgehead atoms. The van der Waals surface area contributed by atoms with Crippen molar-refractivity contribution in [1.29, 1.82) is 0 Å². The van der Waals surface area contributed by atoms with Gasteiger partial charge < -0.3 is 5.73 Å². The molecule has 12 nitrogen and oxygen atoms in total. The van der Waals surface area contributed by atoms with Gasteiger partial charge in [-0.05, 0) is 224 Å². The Bertz CT molecular complexity index is 4800. The summed E-state index contributed by atoms with van der Waals surface area (Å²) in [5.41, 5.74) is 20.5. The van der Waals surface area contributed by atoms with Gasteiger partial charge in [-0.3, -0.25) is 33.1 Å². The number of carbonyl (C=O) groups excluding carboxylic acids is 5. The van der Waals surface area contributed by atoms with Crippen LogP contribution in [0.25, 0.3) is 22.6 Å². The standard InChI is InChI=1S/C25H22Cl2N2O.C19H21ClO.C12H15BrO.C12H16O.C7H7Br.C7H4ClNO.C7H15NO2.C6H6ClN/c1-3-5-23-24(18-7-4-6-17(2)16-18)29(22-14-10-20(27)11-15-22)25(30)28(23)21-12-8-19(26)9-13-21;1-3-5-16(13-15-8-10-18(20)11-9-15)19(21)17-7-4-6-14(2)12-17;1-3-5-11(13)12(14)10-7-4-6-9(2)8-10;1-3-4-8-12(13)11-7-5-6-10(2)9-11;1-6-3-2-4-7(8)5-6;8-6-1-3-7(4-2-6)9-5-10;1-4-5-6-7(9)8(2)10-3;7-5-1-3-6(8)4-2-5/h4,6-16H,3,5H2,1-2H3;4,6-12,16H,3,5,13H2,1-2H3;4,6-8,11H,3,5H2,1-2H3;5-7,9H,3-4,8H2,1-2H3;2-5H,1H3;1-4H;4-6H2,1-3H3;1-4H,8H2. The number of benzene rings is 10. The summed E-state index contributed by atoms with van der Waals surface area (Å²) in [7, 11) is 3.11. The van der Waals surface area contributed by atoms with Crippen molar-refractivity contribution in [2.24, 2.45) is 10.9 Å². The second-order valence-electron chi connectivity index (χ2n) is 27.0. The smallest absolute Gasteiger partial charge is 0.338 e. The summed E-state index contributed by atoms with van der Waals surface area (Å²) in [5, 5.41) is 4.62. The summed E-state index contributed by atoms with van der Waals surface area (Å²) < 4.78 is 4.73. The lowest BCUT2D eigenvalue weighted by Crippen LogP contribution is -2.24. The highest BCUT2D eigenvalue weighted by atomic mass is 79.9. The van der Waals surface area contributed by atoms with Gasteiger partial charge in [0.1, 0.15) is 0 Å². The third kappa shape index (κ3) is 36.0. The van der Waals surface area contributed by atoms with E-state index < -0.39 is 0 Å². The number of hydrogen-bond donors (Lipinski definition) is 1. The zero-order valence-electron chi connectivity index (χ0n) is 67.3. The van der Waals surface area contributed by atoms with E-state index in [-0.39, 0.29) is 39.7 Å². The van der Waals surface area contributed by atoms with E-state index in [9.17, 15) is 28.8 Å². The van der Waals surface area contributed by atoms with Gasteiger partial charge in [0.25, 0.3) is 0 Å². The number of unbranched alkanes of at least 4 members (excludes halogenated alkanes) is 2. The number of alkyl halides is 1. The fraction of sp³-hybridized carbons (Fsp3) is 0.284. The number of halogens is 7. The first-order valence-electron chi connectivity index (χ1n) is 38.1. The van der Waals surface area contributed by atoms with Crippen LogP contribution in [0.5, 0.6) is 0 Å². The van der Waals surface area contributed by atoms with Crippen LogP contribution in [0.15, 0.2) is 257 Å². The van der Waals surface area contributed by atoms with Gasteiger partial charge in [0.05, 0.1) is 40.4 Å². The first kappa shape index (κ1) is 97.6. The topological polar surface area (TPSA) is 163 Å². The molecule has 0 fully saturated rings. The minimum atomic E-state index is -0.111. The Morgan fingerprint density at radius 2 is 0.921 bits per heavy atom. The molecule has 1 aromatic heterocycles. The Kier molecular flexibility index (Phi) is 46.4. The molecule has 0 spiro atoms. The van der Waals surface area contributed by atoms with E-state index in [1.807, 2.05) is 185 Å². The molecule has 0 radical (unpaired) electrons. The normalized spacial score (nSPS) is 10.7. The van der Waals surface area contributed by atoms with Gasteiger partial charge in [-0.15, -0.1) is 0 Å². The SMILES string of the molecule is CCCC(Br)C(=O)c1cccc(C)c1.CCCC(Cc1ccc(Cl)cc1)C(=O)c1cccc(C)c1.CCCCC(=O)N(C)OC.CCCCC(=O)c1cccc(C)c1.CCCc1c(-c2cccc(C)c2)n(-c2ccc(Cl)cc2)c(=O)n1-c1ccc(Cl)cc1.Cc1cccc(Br)c1.Nc1ccc(Cl)cc1.O=C=Nc1ccc(Cl)cc1.